The molecule has 8 heteroatoms. The molecule has 0 spiro atoms. The second-order valence-corrected chi connectivity index (χ2v) is 9.76. The molecular weight excluding hydrogens is 515 g/mol. The number of carbonyl (C=O) groups excluding carboxylic acids is 1. The van der Waals surface area contributed by atoms with E-state index in [0.29, 0.717) is 38.2 Å². The molecule has 1 fully saturated rings. The molecule has 180 valence electrons. The van der Waals surface area contributed by atoms with Crippen molar-refractivity contribution in [2.75, 3.05) is 7.11 Å². The number of benzene rings is 3. The number of ether oxygens (including phenoxy) is 1. The van der Waals surface area contributed by atoms with Gasteiger partial charge < -0.3 is 9.15 Å². The molecule has 0 atom stereocenters. The van der Waals surface area contributed by atoms with Gasteiger partial charge in [-0.25, -0.2) is 4.99 Å². The van der Waals surface area contributed by atoms with Gasteiger partial charge in [0.1, 0.15) is 17.3 Å². The highest BCUT2D eigenvalue weighted by atomic mass is 35.5. The van der Waals surface area contributed by atoms with Gasteiger partial charge in [0.05, 0.1) is 29.3 Å². The molecule has 1 amide bonds. The number of hydrogen-bond acceptors (Lipinski definition) is 5. The van der Waals surface area contributed by atoms with Crippen LogP contribution in [-0.2, 0) is 11.3 Å². The summed E-state index contributed by atoms with van der Waals surface area (Å²) in [6.45, 7) is 0.378. The largest absolute Gasteiger partial charge is 0.497 e. The quantitative estimate of drug-likeness (QED) is 0.234. The van der Waals surface area contributed by atoms with Gasteiger partial charge >= 0.3 is 0 Å². The molecule has 5 nitrogen and oxygen atoms in total. The van der Waals surface area contributed by atoms with Crippen molar-refractivity contribution in [1.82, 2.24) is 4.90 Å². The second kappa shape index (κ2) is 10.7. The Bertz CT molecular complexity index is 1460. The highest BCUT2D eigenvalue weighted by molar-refractivity contribution is 8.18. The number of aliphatic imine (C=N–C) groups is 1. The topological polar surface area (TPSA) is 55.0 Å². The highest BCUT2D eigenvalue weighted by Gasteiger charge is 2.34. The Morgan fingerprint density at radius 2 is 1.78 bits per heavy atom. The number of methoxy groups -OCH3 is 1. The minimum atomic E-state index is -0.145. The van der Waals surface area contributed by atoms with E-state index in [1.165, 1.54) is 11.8 Å². The molecule has 4 aromatic rings. The lowest BCUT2D eigenvalue weighted by Crippen LogP contribution is -2.28. The smallest absolute Gasteiger partial charge is 0.267 e. The van der Waals surface area contributed by atoms with Crippen LogP contribution in [0.2, 0.25) is 10.0 Å². The maximum absolute atomic E-state index is 13.5. The number of halogens is 2. The first-order chi connectivity index (χ1) is 17.5. The van der Waals surface area contributed by atoms with Crippen molar-refractivity contribution in [2.24, 2.45) is 4.99 Å². The van der Waals surface area contributed by atoms with E-state index >= 15 is 0 Å². The minimum Gasteiger partial charge on any atom is -0.497 e. The Morgan fingerprint density at radius 1 is 1.00 bits per heavy atom. The fraction of sp³-hybridized carbons (Fsp3) is 0.0714. The van der Waals surface area contributed by atoms with Crippen LogP contribution in [0.1, 0.15) is 11.3 Å². The van der Waals surface area contributed by atoms with Crippen LogP contribution < -0.4 is 4.74 Å². The van der Waals surface area contributed by atoms with Crippen molar-refractivity contribution in [3.8, 4) is 17.1 Å². The van der Waals surface area contributed by atoms with Crippen LogP contribution in [0.25, 0.3) is 17.4 Å². The van der Waals surface area contributed by atoms with Crippen molar-refractivity contribution in [2.45, 2.75) is 6.54 Å². The van der Waals surface area contributed by atoms with Gasteiger partial charge in [-0.15, -0.1) is 0 Å². The summed E-state index contributed by atoms with van der Waals surface area (Å²) in [4.78, 5) is 20.4. The first kappa shape index (κ1) is 24.3. The maximum Gasteiger partial charge on any atom is 0.267 e. The molecule has 3 aromatic carbocycles. The van der Waals surface area contributed by atoms with Gasteiger partial charge in [0.25, 0.3) is 5.91 Å². The summed E-state index contributed by atoms with van der Waals surface area (Å²) < 4.78 is 11.2. The fourth-order valence-corrected chi connectivity index (χ4v) is 5.13. The summed E-state index contributed by atoms with van der Waals surface area (Å²) in [6, 6.07) is 26.0. The Morgan fingerprint density at radius 3 is 2.50 bits per heavy atom. The zero-order valence-electron chi connectivity index (χ0n) is 19.2. The van der Waals surface area contributed by atoms with Gasteiger partial charge in [0.2, 0.25) is 0 Å². The van der Waals surface area contributed by atoms with Crippen molar-refractivity contribution in [1.29, 1.82) is 0 Å². The molecule has 1 aromatic heterocycles. The standard InChI is InChI=1S/C28H20Cl2N2O3S/c1-34-21-10-7-18(8-11-21)17-32-27(33)26(36-28(32)31-20-5-3-2-4-6-20)16-22-12-14-25(35-22)23-13-9-19(29)15-24(23)30/h2-16H,17H2,1H3. The number of carbonyl (C=O) groups is 1. The molecule has 0 radical (unpaired) electrons. The van der Waals surface area contributed by atoms with Crippen molar-refractivity contribution in [3.05, 3.63) is 111 Å². The van der Waals surface area contributed by atoms with E-state index in [2.05, 4.69) is 0 Å². The minimum absolute atomic E-state index is 0.145. The summed E-state index contributed by atoms with van der Waals surface area (Å²) in [5.41, 5.74) is 2.46. The zero-order valence-corrected chi connectivity index (χ0v) is 21.5. The lowest BCUT2D eigenvalue weighted by molar-refractivity contribution is -0.122. The fourth-order valence-electron chi connectivity index (χ4n) is 3.65. The van der Waals surface area contributed by atoms with Gasteiger partial charge in [-0.1, -0.05) is 53.5 Å². The van der Waals surface area contributed by atoms with E-state index in [0.717, 1.165) is 22.6 Å². The SMILES string of the molecule is COc1ccc(CN2C(=O)C(=Cc3ccc(-c4ccc(Cl)cc4Cl)o3)SC2=Nc2ccccc2)cc1. The van der Waals surface area contributed by atoms with E-state index < -0.39 is 0 Å². The van der Waals surface area contributed by atoms with Crippen LogP contribution in [0.3, 0.4) is 0 Å². The molecule has 0 bridgehead atoms. The highest BCUT2D eigenvalue weighted by Crippen LogP contribution is 2.37. The van der Waals surface area contributed by atoms with Gasteiger partial charge in [0.15, 0.2) is 5.17 Å². The summed E-state index contributed by atoms with van der Waals surface area (Å²) in [5.74, 6) is 1.74. The average molecular weight is 535 g/mol. The van der Waals surface area contributed by atoms with Crippen molar-refractivity contribution < 1.29 is 13.9 Å². The third-order valence-corrected chi connectivity index (χ3v) is 7.02. The molecule has 0 saturated carbocycles. The van der Waals surface area contributed by atoms with E-state index in [-0.39, 0.29) is 5.91 Å². The van der Waals surface area contributed by atoms with Crippen molar-refractivity contribution >= 4 is 57.8 Å². The Kier molecular flexibility index (Phi) is 7.18. The monoisotopic (exact) mass is 534 g/mol. The van der Waals surface area contributed by atoms with E-state index in [9.17, 15) is 4.79 Å². The third-order valence-electron chi connectivity index (χ3n) is 5.47. The number of thioether (sulfide) groups is 1. The van der Waals surface area contributed by atoms with Crippen LogP contribution in [0.5, 0.6) is 5.75 Å². The third kappa shape index (κ3) is 5.36. The molecule has 1 aliphatic rings. The van der Waals surface area contributed by atoms with E-state index in [1.54, 1.807) is 42.4 Å². The van der Waals surface area contributed by atoms with Crippen LogP contribution >= 0.6 is 35.0 Å². The van der Waals surface area contributed by atoms with Gasteiger partial charge in [-0.2, -0.15) is 0 Å². The lowest BCUT2D eigenvalue weighted by atomic mass is 10.2. The summed E-state index contributed by atoms with van der Waals surface area (Å²) >= 11 is 13.7. The molecule has 0 aliphatic carbocycles. The number of hydrogen-bond donors (Lipinski definition) is 0. The Hall–Kier alpha value is -3.45. The van der Waals surface area contributed by atoms with Gasteiger partial charge in [0, 0.05) is 16.7 Å². The van der Waals surface area contributed by atoms with Crippen LogP contribution in [0.4, 0.5) is 5.69 Å². The normalized spacial score (nSPS) is 15.8. The molecule has 5 rings (SSSR count). The number of amides is 1. The maximum atomic E-state index is 13.5. The predicted octanol–water partition coefficient (Wildman–Crippen LogP) is 8.07. The molecule has 1 saturated heterocycles. The summed E-state index contributed by atoms with van der Waals surface area (Å²) in [6.07, 6.45) is 1.73. The molecule has 0 unspecified atom stereocenters. The predicted molar refractivity (Wildman–Crippen MR) is 147 cm³/mol. The number of furan rings is 1. The number of amidine groups is 1. The number of rotatable bonds is 6. The second-order valence-electron chi connectivity index (χ2n) is 7.91. The summed E-state index contributed by atoms with van der Waals surface area (Å²) in [5, 5.41) is 1.64. The first-order valence-electron chi connectivity index (χ1n) is 11.0. The van der Waals surface area contributed by atoms with Gasteiger partial charge in [-0.3, -0.25) is 9.69 Å². The number of nitrogens with zero attached hydrogens (tertiary/aromatic N) is 2. The van der Waals surface area contributed by atoms with Crippen LogP contribution in [0, 0.1) is 0 Å². The molecule has 36 heavy (non-hydrogen) atoms. The molecule has 0 N–H and O–H groups in total. The van der Waals surface area contributed by atoms with Crippen molar-refractivity contribution in [3.63, 3.8) is 0 Å². The zero-order chi connectivity index (χ0) is 25.1. The van der Waals surface area contributed by atoms with Crippen LogP contribution in [-0.4, -0.2) is 23.1 Å². The molecule has 2 heterocycles. The van der Waals surface area contributed by atoms with E-state index in [1.807, 2.05) is 60.7 Å². The van der Waals surface area contributed by atoms with Gasteiger partial charge in [-0.05, 0) is 71.9 Å². The average Bonchev–Trinajstić information content (AvgIpc) is 3.45. The number of para-hydroxylation sites is 1. The van der Waals surface area contributed by atoms with Crippen LogP contribution in [0.15, 0.2) is 99.2 Å². The molecule has 1 aliphatic heterocycles. The lowest BCUT2D eigenvalue weighted by Gasteiger charge is -2.16. The van der Waals surface area contributed by atoms with E-state index in [4.69, 9.17) is 37.3 Å². The summed E-state index contributed by atoms with van der Waals surface area (Å²) in [7, 11) is 1.62. The Balaban J connectivity index is 1.45. The molecular formula is C28H20Cl2N2O3S. The Labute approximate surface area is 223 Å². The first-order valence-corrected chi connectivity index (χ1v) is 12.6.